The predicted octanol–water partition coefficient (Wildman–Crippen LogP) is 2.07. The van der Waals surface area contributed by atoms with Crippen molar-refractivity contribution >= 4 is 35.8 Å². The molecular weight excluding hydrogens is 691 g/mol. The number of phenols is 1. The number of esters is 1. The van der Waals surface area contributed by atoms with Crippen molar-refractivity contribution in [2.45, 2.75) is 103 Å². The van der Waals surface area contributed by atoms with E-state index in [2.05, 4.69) is 16.1 Å². The van der Waals surface area contributed by atoms with Gasteiger partial charge < -0.3 is 40.3 Å². The predicted molar refractivity (Wildman–Crippen MR) is 191 cm³/mol. The van der Waals surface area contributed by atoms with E-state index < -0.39 is 83.3 Å². The number of aldehydes is 1. The Morgan fingerprint density at radius 3 is 2.49 bits per heavy atom. The summed E-state index contributed by atoms with van der Waals surface area (Å²) in [4.78, 5) is 78.1. The Balaban J connectivity index is 2.07. The number of ketones is 1. The minimum atomic E-state index is -1.45. The van der Waals surface area contributed by atoms with Gasteiger partial charge in [0.05, 0.1) is 18.1 Å². The highest BCUT2D eigenvalue weighted by Gasteiger charge is 2.38. The summed E-state index contributed by atoms with van der Waals surface area (Å²) in [5, 5.41) is 38.7. The zero-order chi connectivity index (χ0) is 39.2. The number of hydrazine groups is 1. The van der Waals surface area contributed by atoms with Crippen LogP contribution < -0.4 is 16.1 Å². The minimum absolute atomic E-state index is 0.0319. The fourth-order valence-corrected chi connectivity index (χ4v) is 6.09. The number of amides is 3. The van der Waals surface area contributed by atoms with Crippen molar-refractivity contribution in [2.75, 3.05) is 6.54 Å². The molecule has 14 nitrogen and oxygen atoms in total. The number of phenolic OH excluding ortho intramolecular Hbond substituents is 1. The number of hydrogen-bond acceptors (Lipinski definition) is 11. The molecule has 15 heteroatoms. The van der Waals surface area contributed by atoms with E-state index in [4.69, 9.17) is 4.74 Å². The zero-order valence-electron chi connectivity index (χ0n) is 30.5. The average Bonchev–Trinajstić information content (AvgIpc) is 3.10. The van der Waals surface area contributed by atoms with Crippen molar-refractivity contribution in [3.8, 4) is 5.75 Å². The number of allylic oxidation sites excluding steroid dienone is 4. The second kappa shape index (κ2) is 20.5. The van der Waals surface area contributed by atoms with E-state index in [1.165, 1.54) is 38.1 Å². The smallest absolute Gasteiger partial charge is 0.330 e. The molecule has 1 unspecified atom stereocenters. The Kier molecular flexibility index (Phi) is 16.5. The number of aromatic hydroxyl groups is 1. The van der Waals surface area contributed by atoms with Crippen LogP contribution in [0.2, 0.25) is 0 Å². The van der Waals surface area contributed by atoms with Gasteiger partial charge in [-0.3, -0.25) is 19.4 Å². The highest BCUT2D eigenvalue weighted by molar-refractivity contribution is 5.93. The Hall–Kier alpha value is -4.73. The number of ether oxygens (including phenoxy) is 1. The van der Waals surface area contributed by atoms with Gasteiger partial charge in [-0.1, -0.05) is 45.1 Å². The quantitative estimate of drug-likeness (QED) is 0.168. The number of rotatable bonds is 8. The van der Waals surface area contributed by atoms with Gasteiger partial charge >= 0.3 is 5.97 Å². The molecule has 0 radical (unpaired) electrons. The van der Waals surface area contributed by atoms with Crippen LogP contribution in [-0.4, -0.2) is 93.0 Å². The number of aliphatic hydroxyl groups is 2. The minimum Gasteiger partial charge on any atom is -0.508 e. The maximum Gasteiger partial charge on any atom is 0.330 e. The molecule has 7 atom stereocenters. The number of aliphatic hydroxyl groups excluding tert-OH is 2. The summed E-state index contributed by atoms with van der Waals surface area (Å²) in [6.07, 6.45) is 5.81. The Morgan fingerprint density at radius 2 is 1.83 bits per heavy atom. The molecule has 3 amide bonds. The topological polar surface area (TPSA) is 212 Å². The third-order valence-electron chi connectivity index (χ3n) is 9.16. The number of halogens is 1. The summed E-state index contributed by atoms with van der Waals surface area (Å²) in [7, 11) is 0. The van der Waals surface area contributed by atoms with E-state index >= 15 is 0 Å². The second-order valence-electron chi connectivity index (χ2n) is 13.8. The SMILES string of the molecule is CC(=O)CC[C@H]1C(=O)N[C@@H](C(C)C)C(=O)N[C@@H](Cc2cc(O)cc(F)c2)C(=O)N2CCCC(N2)C(=O)O/C(=C\CC=O)CC=CC=C[C@H](O)[C@H](C)[C@H]1O. The van der Waals surface area contributed by atoms with Gasteiger partial charge in [0.25, 0.3) is 5.91 Å². The Labute approximate surface area is 308 Å². The third kappa shape index (κ3) is 13.0. The first kappa shape index (κ1) is 42.7. The lowest BCUT2D eigenvalue weighted by Gasteiger charge is -2.36. The highest BCUT2D eigenvalue weighted by atomic mass is 19.1. The van der Waals surface area contributed by atoms with Crippen molar-refractivity contribution in [1.82, 2.24) is 21.1 Å². The van der Waals surface area contributed by atoms with Crippen LogP contribution in [0.5, 0.6) is 5.75 Å². The van der Waals surface area contributed by atoms with Crippen molar-refractivity contribution in [2.24, 2.45) is 17.8 Å². The fraction of sp³-hybridized carbons (Fsp3) is 0.526. The van der Waals surface area contributed by atoms with E-state index in [1.807, 2.05) is 0 Å². The first-order valence-electron chi connectivity index (χ1n) is 17.8. The first-order valence-corrected chi connectivity index (χ1v) is 17.8. The lowest BCUT2D eigenvalue weighted by molar-refractivity contribution is -0.150. The van der Waals surface area contributed by atoms with Gasteiger partial charge in [-0.15, -0.1) is 0 Å². The number of Topliss-reactive ketones (excluding diaryl/α,β-unsaturated/α-hetero) is 1. The lowest BCUT2D eigenvalue weighted by Crippen LogP contribution is -2.62. The van der Waals surface area contributed by atoms with Crippen LogP contribution in [0.4, 0.5) is 4.39 Å². The van der Waals surface area contributed by atoms with E-state index in [0.29, 0.717) is 19.1 Å². The maximum absolute atomic E-state index is 14.3. The number of benzene rings is 1. The van der Waals surface area contributed by atoms with Crippen LogP contribution in [0, 0.1) is 23.6 Å². The molecule has 53 heavy (non-hydrogen) atoms. The molecule has 2 bridgehead atoms. The maximum atomic E-state index is 14.3. The fourth-order valence-electron chi connectivity index (χ4n) is 6.09. The standard InChI is InChI=1S/C38H51FN4O10/c1-22(2)33-36(50)40-31(20-25-18-26(39)21-27(46)19-25)37(51)43-16-8-12-30(42-43)38(52)53-28(11-9-17-44)10-6-5-7-13-32(47)24(4)34(48)29(35(49)41-33)15-14-23(3)45/h5-7,11,13,17-19,21-22,24,29-34,42,46-48H,8-10,12,14-16,20H2,1-4H3,(H,40,50)(H,41,49)/b6-5?,13-7?,28-11-/t24-,29+,30?,31-,32-,33-,34+/m0/s1. The van der Waals surface area contributed by atoms with Crippen molar-refractivity contribution < 1.29 is 53.2 Å². The summed E-state index contributed by atoms with van der Waals surface area (Å²) < 4.78 is 19.9. The van der Waals surface area contributed by atoms with Crippen LogP contribution in [0.1, 0.15) is 71.8 Å². The normalized spacial score (nSPS) is 27.7. The number of nitrogens with one attached hydrogen (secondary N) is 3. The van der Waals surface area contributed by atoms with E-state index in [-0.39, 0.29) is 55.8 Å². The number of fused-ring (bicyclic) bond motifs is 2. The van der Waals surface area contributed by atoms with Crippen molar-refractivity contribution in [3.05, 3.63) is 65.7 Å². The monoisotopic (exact) mass is 742 g/mol. The molecule has 0 aromatic heterocycles. The zero-order valence-corrected chi connectivity index (χ0v) is 30.5. The molecule has 0 saturated carbocycles. The van der Waals surface area contributed by atoms with Crippen LogP contribution in [0.3, 0.4) is 0 Å². The summed E-state index contributed by atoms with van der Waals surface area (Å²) in [6.45, 7) is 6.32. The third-order valence-corrected chi connectivity index (χ3v) is 9.16. The molecule has 0 aliphatic carbocycles. The van der Waals surface area contributed by atoms with Gasteiger partial charge in [-0.2, -0.15) is 0 Å². The number of cyclic esters (lactones) is 1. The largest absolute Gasteiger partial charge is 0.508 e. The van der Waals surface area contributed by atoms with Gasteiger partial charge in [0.1, 0.15) is 47.5 Å². The van der Waals surface area contributed by atoms with E-state index in [0.717, 1.165) is 17.1 Å². The van der Waals surface area contributed by atoms with E-state index in [9.17, 15) is 48.5 Å². The molecule has 1 aromatic rings. The Morgan fingerprint density at radius 1 is 1.09 bits per heavy atom. The molecule has 3 rings (SSSR count). The molecule has 2 aliphatic heterocycles. The highest BCUT2D eigenvalue weighted by Crippen LogP contribution is 2.24. The number of hydrogen-bond donors (Lipinski definition) is 6. The van der Waals surface area contributed by atoms with Crippen LogP contribution >= 0.6 is 0 Å². The molecule has 1 aromatic carbocycles. The molecule has 1 saturated heterocycles. The number of nitrogens with zero attached hydrogens (tertiary/aromatic N) is 1. The first-order chi connectivity index (χ1) is 25.1. The summed E-state index contributed by atoms with van der Waals surface area (Å²) >= 11 is 0. The van der Waals surface area contributed by atoms with Gasteiger partial charge in [-0.05, 0) is 55.9 Å². The summed E-state index contributed by atoms with van der Waals surface area (Å²) in [5.74, 6) is -6.84. The molecule has 6 N–H and O–H groups in total. The van der Waals surface area contributed by atoms with Crippen LogP contribution in [-0.2, 0) is 39.9 Å². The number of carbonyl (C=O) groups excluding carboxylic acids is 6. The number of carbonyl (C=O) groups is 6. The van der Waals surface area contributed by atoms with Crippen molar-refractivity contribution in [3.63, 3.8) is 0 Å². The Bertz CT molecular complexity index is 1560. The summed E-state index contributed by atoms with van der Waals surface area (Å²) in [5.41, 5.74) is 3.03. The molecular formula is C38H51FN4O10. The molecule has 2 aliphatic rings. The second-order valence-corrected chi connectivity index (χ2v) is 13.8. The summed E-state index contributed by atoms with van der Waals surface area (Å²) in [6, 6.07) is -0.391. The molecule has 1 fully saturated rings. The molecule has 290 valence electrons. The van der Waals surface area contributed by atoms with Crippen molar-refractivity contribution in [1.29, 1.82) is 0 Å². The van der Waals surface area contributed by atoms with Gasteiger partial charge in [0.2, 0.25) is 11.8 Å². The molecule has 0 spiro atoms. The van der Waals surface area contributed by atoms with Crippen LogP contribution in [0.25, 0.3) is 0 Å². The molecule has 2 heterocycles. The van der Waals surface area contributed by atoms with E-state index in [1.54, 1.807) is 26.0 Å². The van der Waals surface area contributed by atoms with Gasteiger partial charge in [0.15, 0.2) is 0 Å². The van der Waals surface area contributed by atoms with Gasteiger partial charge in [-0.25, -0.2) is 14.6 Å². The average molecular weight is 743 g/mol. The van der Waals surface area contributed by atoms with Gasteiger partial charge in [0, 0.05) is 44.2 Å². The lowest BCUT2D eigenvalue weighted by atomic mass is 9.84. The van der Waals surface area contributed by atoms with Crippen LogP contribution in [0.15, 0.2) is 54.3 Å².